The molecule has 0 aromatic heterocycles. The third-order valence-corrected chi connectivity index (χ3v) is 2.99. The summed E-state index contributed by atoms with van der Waals surface area (Å²) in [4.78, 5) is 0. The molecule has 0 atom stereocenters. The SMILES string of the molecule is COc1cc(N)ccc1COc1cccc(Br)c1. The van der Waals surface area contributed by atoms with Gasteiger partial charge in [-0.25, -0.2) is 0 Å². The first-order valence-corrected chi connectivity index (χ1v) is 6.29. The van der Waals surface area contributed by atoms with Gasteiger partial charge in [0.2, 0.25) is 0 Å². The molecule has 0 heterocycles. The van der Waals surface area contributed by atoms with Crippen LogP contribution in [-0.2, 0) is 6.61 Å². The Labute approximate surface area is 115 Å². The number of ether oxygens (including phenoxy) is 2. The third-order valence-electron chi connectivity index (χ3n) is 2.50. The van der Waals surface area contributed by atoms with Crippen molar-refractivity contribution in [3.05, 3.63) is 52.5 Å². The molecule has 0 fully saturated rings. The highest BCUT2D eigenvalue weighted by molar-refractivity contribution is 9.10. The molecular weight excluding hydrogens is 294 g/mol. The van der Waals surface area contributed by atoms with Crippen molar-refractivity contribution in [1.82, 2.24) is 0 Å². The first-order chi connectivity index (χ1) is 8.69. The molecule has 18 heavy (non-hydrogen) atoms. The quantitative estimate of drug-likeness (QED) is 0.877. The lowest BCUT2D eigenvalue weighted by molar-refractivity contribution is 0.296. The smallest absolute Gasteiger partial charge is 0.127 e. The molecule has 0 unspecified atom stereocenters. The van der Waals surface area contributed by atoms with Crippen molar-refractivity contribution in [3.63, 3.8) is 0 Å². The monoisotopic (exact) mass is 307 g/mol. The largest absolute Gasteiger partial charge is 0.496 e. The van der Waals surface area contributed by atoms with Gasteiger partial charge in [-0.3, -0.25) is 0 Å². The third kappa shape index (κ3) is 3.17. The summed E-state index contributed by atoms with van der Waals surface area (Å²) in [6.45, 7) is 0.444. The summed E-state index contributed by atoms with van der Waals surface area (Å²) in [5.41, 5.74) is 7.35. The van der Waals surface area contributed by atoms with Gasteiger partial charge in [0.15, 0.2) is 0 Å². The van der Waals surface area contributed by atoms with Crippen LogP contribution < -0.4 is 15.2 Å². The molecule has 2 rings (SSSR count). The molecule has 0 spiro atoms. The molecule has 0 aliphatic carbocycles. The van der Waals surface area contributed by atoms with Crippen molar-refractivity contribution >= 4 is 21.6 Å². The number of rotatable bonds is 4. The zero-order valence-electron chi connectivity index (χ0n) is 10.0. The van der Waals surface area contributed by atoms with Crippen LogP contribution in [0.25, 0.3) is 0 Å². The molecule has 2 aromatic carbocycles. The van der Waals surface area contributed by atoms with Gasteiger partial charge in [-0.1, -0.05) is 22.0 Å². The zero-order chi connectivity index (χ0) is 13.0. The molecule has 0 bridgehead atoms. The lowest BCUT2D eigenvalue weighted by Crippen LogP contribution is -1.99. The fourth-order valence-corrected chi connectivity index (χ4v) is 1.98. The van der Waals surface area contributed by atoms with E-state index in [2.05, 4.69) is 15.9 Å². The number of hydrogen-bond acceptors (Lipinski definition) is 3. The van der Waals surface area contributed by atoms with Crippen LogP contribution in [0.4, 0.5) is 5.69 Å². The Kier molecular flexibility index (Phi) is 4.10. The summed E-state index contributed by atoms with van der Waals surface area (Å²) < 4.78 is 12.0. The van der Waals surface area contributed by atoms with Gasteiger partial charge in [0.05, 0.1) is 7.11 Å². The molecule has 3 nitrogen and oxygen atoms in total. The van der Waals surface area contributed by atoms with E-state index >= 15 is 0 Å². The van der Waals surface area contributed by atoms with E-state index < -0.39 is 0 Å². The van der Waals surface area contributed by atoms with Crippen LogP contribution >= 0.6 is 15.9 Å². The van der Waals surface area contributed by atoms with E-state index in [-0.39, 0.29) is 0 Å². The summed E-state index contributed by atoms with van der Waals surface area (Å²) in [6, 6.07) is 13.3. The van der Waals surface area contributed by atoms with Crippen molar-refractivity contribution in [2.75, 3.05) is 12.8 Å². The summed E-state index contributed by atoms with van der Waals surface area (Å²) in [7, 11) is 1.62. The average molecular weight is 308 g/mol. The van der Waals surface area contributed by atoms with Gasteiger partial charge in [0, 0.05) is 21.8 Å². The topological polar surface area (TPSA) is 44.5 Å². The van der Waals surface area contributed by atoms with Gasteiger partial charge in [-0.05, 0) is 30.3 Å². The molecule has 0 saturated carbocycles. The summed E-state index contributed by atoms with van der Waals surface area (Å²) in [6.07, 6.45) is 0. The van der Waals surface area contributed by atoms with E-state index in [1.807, 2.05) is 36.4 Å². The highest BCUT2D eigenvalue weighted by Gasteiger charge is 2.04. The highest BCUT2D eigenvalue weighted by Crippen LogP contribution is 2.24. The standard InChI is InChI=1S/C14H14BrNO2/c1-17-14-8-12(16)6-5-10(14)9-18-13-4-2-3-11(15)7-13/h2-8H,9,16H2,1H3. The minimum absolute atomic E-state index is 0.444. The predicted molar refractivity (Wildman–Crippen MR) is 75.9 cm³/mol. The van der Waals surface area contributed by atoms with Gasteiger partial charge >= 0.3 is 0 Å². The van der Waals surface area contributed by atoms with Crippen molar-refractivity contribution in [2.45, 2.75) is 6.61 Å². The summed E-state index contributed by atoms with van der Waals surface area (Å²) >= 11 is 3.40. The van der Waals surface area contributed by atoms with Crippen LogP contribution in [0.2, 0.25) is 0 Å². The molecule has 0 aliphatic rings. The van der Waals surface area contributed by atoms with E-state index in [0.29, 0.717) is 12.3 Å². The lowest BCUT2D eigenvalue weighted by atomic mass is 10.2. The first-order valence-electron chi connectivity index (χ1n) is 5.50. The molecule has 0 aliphatic heterocycles. The molecule has 94 valence electrons. The van der Waals surface area contributed by atoms with Crippen LogP contribution in [0, 0.1) is 0 Å². The average Bonchev–Trinajstić information content (AvgIpc) is 2.37. The fourth-order valence-electron chi connectivity index (χ4n) is 1.60. The van der Waals surface area contributed by atoms with E-state index in [9.17, 15) is 0 Å². The Bertz CT molecular complexity index is 543. The highest BCUT2D eigenvalue weighted by atomic mass is 79.9. The second-order valence-corrected chi connectivity index (χ2v) is 4.73. The first kappa shape index (κ1) is 12.8. The zero-order valence-corrected chi connectivity index (χ0v) is 11.6. The normalized spacial score (nSPS) is 10.1. The van der Waals surface area contributed by atoms with Crippen molar-refractivity contribution in [1.29, 1.82) is 0 Å². The van der Waals surface area contributed by atoms with Crippen LogP contribution in [-0.4, -0.2) is 7.11 Å². The Hall–Kier alpha value is -1.68. The number of methoxy groups -OCH3 is 1. The Morgan fingerprint density at radius 2 is 2.00 bits per heavy atom. The van der Waals surface area contributed by atoms with Gasteiger partial charge in [-0.15, -0.1) is 0 Å². The second kappa shape index (κ2) is 5.78. The summed E-state index contributed by atoms with van der Waals surface area (Å²) in [5, 5.41) is 0. The minimum Gasteiger partial charge on any atom is -0.496 e. The van der Waals surface area contributed by atoms with E-state index in [1.165, 1.54) is 0 Å². The second-order valence-electron chi connectivity index (χ2n) is 3.82. The van der Waals surface area contributed by atoms with Crippen molar-refractivity contribution in [2.24, 2.45) is 0 Å². The van der Waals surface area contributed by atoms with Crippen LogP contribution in [0.5, 0.6) is 11.5 Å². The number of anilines is 1. The number of halogens is 1. The van der Waals surface area contributed by atoms with Crippen LogP contribution in [0.15, 0.2) is 46.9 Å². The van der Waals surface area contributed by atoms with Gasteiger partial charge < -0.3 is 15.2 Å². The Balaban J connectivity index is 2.10. The lowest BCUT2D eigenvalue weighted by Gasteiger charge is -2.11. The fraction of sp³-hybridized carbons (Fsp3) is 0.143. The number of hydrogen-bond donors (Lipinski definition) is 1. The molecular formula is C14H14BrNO2. The molecule has 2 aromatic rings. The summed E-state index contributed by atoms with van der Waals surface area (Å²) in [5.74, 6) is 1.55. The van der Waals surface area contributed by atoms with E-state index in [0.717, 1.165) is 21.5 Å². The molecule has 4 heteroatoms. The number of benzene rings is 2. The Morgan fingerprint density at radius 3 is 2.72 bits per heavy atom. The van der Waals surface area contributed by atoms with Crippen molar-refractivity contribution < 1.29 is 9.47 Å². The molecule has 2 N–H and O–H groups in total. The van der Waals surface area contributed by atoms with Crippen LogP contribution in [0.3, 0.4) is 0 Å². The van der Waals surface area contributed by atoms with Gasteiger partial charge in [0.25, 0.3) is 0 Å². The molecule has 0 amide bonds. The van der Waals surface area contributed by atoms with E-state index in [1.54, 1.807) is 13.2 Å². The molecule has 0 radical (unpaired) electrons. The predicted octanol–water partition coefficient (Wildman–Crippen LogP) is 3.62. The Morgan fingerprint density at radius 1 is 1.17 bits per heavy atom. The van der Waals surface area contributed by atoms with Gasteiger partial charge in [-0.2, -0.15) is 0 Å². The number of nitrogens with two attached hydrogens (primary N) is 1. The maximum atomic E-state index is 5.70. The van der Waals surface area contributed by atoms with E-state index in [4.69, 9.17) is 15.2 Å². The number of nitrogen functional groups attached to an aromatic ring is 1. The van der Waals surface area contributed by atoms with Crippen molar-refractivity contribution in [3.8, 4) is 11.5 Å². The maximum absolute atomic E-state index is 5.70. The van der Waals surface area contributed by atoms with Crippen LogP contribution in [0.1, 0.15) is 5.56 Å². The maximum Gasteiger partial charge on any atom is 0.127 e. The van der Waals surface area contributed by atoms with Gasteiger partial charge in [0.1, 0.15) is 18.1 Å². The minimum atomic E-state index is 0.444. The molecule has 0 saturated heterocycles.